The van der Waals surface area contributed by atoms with Gasteiger partial charge in [0.25, 0.3) is 0 Å². The van der Waals surface area contributed by atoms with E-state index < -0.39 is 0 Å². The molecule has 0 atom stereocenters. The van der Waals surface area contributed by atoms with E-state index in [0.717, 1.165) is 5.56 Å². The minimum Gasteiger partial charge on any atom is -0.331 e. The van der Waals surface area contributed by atoms with Crippen molar-refractivity contribution in [3.8, 4) is 11.8 Å². The zero-order chi connectivity index (χ0) is 21.5. The summed E-state index contributed by atoms with van der Waals surface area (Å²) in [4.78, 5) is 11.2. The molecule has 0 saturated heterocycles. The van der Waals surface area contributed by atoms with Crippen molar-refractivity contribution in [1.29, 1.82) is 0 Å². The van der Waals surface area contributed by atoms with Gasteiger partial charge in [0, 0.05) is 32.4 Å². The quantitative estimate of drug-likeness (QED) is 0.241. The molecule has 0 aromatic heterocycles. The number of hydrogen-bond acceptors (Lipinski definition) is 1. The Balaban J connectivity index is -0.000000200. The molecule has 5 heteroatoms. The maximum atomic E-state index is 11.2. The van der Waals surface area contributed by atoms with Crippen LogP contribution in [0.15, 0.2) is 42.0 Å². The summed E-state index contributed by atoms with van der Waals surface area (Å²) >= 11 is 0. The van der Waals surface area contributed by atoms with Crippen molar-refractivity contribution in [2.75, 3.05) is 0 Å². The number of carbonyl (C=O) groups is 1. The second-order valence-corrected chi connectivity index (χ2v) is 4.83. The largest absolute Gasteiger partial charge is 0.331 e. The van der Waals surface area contributed by atoms with Crippen LogP contribution < -0.4 is 0 Å². The number of hydrogen-bond donors (Lipinski definition) is 0. The molecule has 0 spiro atoms. The molecule has 5 radical (unpaired) electrons. The fraction of sp³-hybridized carbons (Fsp3) is 0.130. The number of Topliss-reactive ketones (excluding diaryl/α,β-unsaturated/α-hetero) is 1. The van der Waals surface area contributed by atoms with Gasteiger partial charge in [0.2, 0.25) is 0 Å². The standard InChI is InChI=1S/C15H15O.C5H5.3CO.W/c1-12(2)11-15(13(3)16)10-9-14-7-5-4-6-8-14;1-2-4-5-3-1;3*1-2;/h4-8,11-12H,3H2,1-2H3;1-5H;;;;/q-1;;;;;/b15-11+;;;;;. The van der Waals surface area contributed by atoms with Crippen molar-refractivity contribution < 1.29 is 39.8 Å². The smallest absolute Gasteiger partial charge is 0.0293 e. The normalized spacial score (nSPS) is 10.7. The number of rotatable bonds is 2. The van der Waals surface area contributed by atoms with Gasteiger partial charge in [-0.1, -0.05) is 43.5 Å². The first-order chi connectivity index (χ1) is 13.1. The number of carbonyl (C=O) groups excluding carboxylic acids is 1. The molecule has 0 bridgehead atoms. The van der Waals surface area contributed by atoms with E-state index in [1.165, 1.54) is 0 Å². The SMILES string of the molecule is [C-]#[O+].[C-]#[O+].[C-]#[O+].[CH2-]C(=O)/C(C#Cc1ccccc1)=C/C(C)C.[CH]1[CH][CH][CH][CH]1.[W]. The van der Waals surface area contributed by atoms with Crippen LogP contribution >= 0.6 is 0 Å². The van der Waals surface area contributed by atoms with E-state index in [1.54, 1.807) is 0 Å². The Kier molecular flexibility index (Phi) is 32.6. The second kappa shape index (κ2) is 27.2. The molecule has 1 aromatic rings. The van der Waals surface area contributed by atoms with E-state index >= 15 is 0 Å². The molecule has 0 amide bonds. The predicted molar refractivity (Wildman–Crippen MR) is 99.9 cm³/mol. The van der Waals surface area contributed by atoms with Crippen molar-refractivity contribution in [3.05, 3.63) is 107 Å². The first-order valence-electron chi connectivity index (χ1n) is 7.52. The Labute approximate surface area is 183 Å². The third-order valence-electron chi connectivity index (χ3n) is 2.47. The van der Waals surface area contributed by atoms with Crippen molar-refractivity contribution >= 4 is 5.78 Å². The molecule has 4 nitrogen and oxygen atoms in total. The fourth-order valence-electron chi connectivity index (χ4n) is 1.52. The third kappa shape index (κ3) is 22.0. The Bertz CT molecular complexity index is 618. The van der Waals surface area contributed by atoms with Crippen LogP contribution in [-0.4, -0.2) is 5.78 Å². The van der Waals surface area contributed by atoms with Crippen LogP contribution in [-0.2, 0) is 39.8 Å². The Hall–Kier alpha value is -2.03. The summed E-state index contributed by atoms with van der Waals surface area (Å²) in [6, 6.07) is 9.59. The van der Waals surface area contributed by atoms with Gasteiger partial charge in [-0.3, -0.25) is 0 Å². The molecule has 1 aromatic carbocycles. The van der Waals surface area contributed by atoms with Gasteiger partial charge in [-0.15, -0.1) is 6.08 Å². The molecule has 143 valence electrons. The minimum atomic E-state index is -0.225. The van der Waals surface area contributed by atoms with Gasteiger partial charge in [-0.2, -0.15) is 12.8 Å². The first kappa shape index (κ1) is 33.5. The van der Waals surface area contributed by atoms with E-state index in [1.807, 2.05) is 82.4 Å². The van der Waals surface area contributed by atoms with Gasteiger partial charge in [0.1, 0.15) is 0 Å². The topological polar surface area (TPSA) is 76.8 Å². The maximum Gasteiger partial charge on any atom is 0.0293 e. The van der Waals surface area contributed by atoms with Crippen LogP contribution in [0.25, 0.3) is 0 Å². The average Bonchev–Trinajstić information content (AvgIpc) is 3.30. The van der Waals surface area contributed by atoms with Gasteiger partial charge >= 0.3 is 33.9 Å². The van der Waals surface area contributed by atoms with E-state index in [9.17, 15) is 4.79 Å². The first-order valence-corrected chi connectivity index (χ1v) is 7.52. The van der Waals surface area contributed by atoms with Gasteiger partial charge in [-0.25, -0.2) is 0 Å². The zero-order valence-corrected chi connectivity index (χ0v) is 18.6. The molecule has 0 unspecified atom stereocenters. The molecule has 0 heterocycles. The van der Waals surface area contributed by atoms with E-state index in [2.05, 4.69) is 38.7 Å². The zero-order valence-electron chi connectivity index (χ0n) is 15.7. The van der Waals surface area contributed by atoms with E-state index in [4.69, 9.17) is 14.0 Å². The van der Waals surface area contributed by atoms with E-state index in [-0.39, 0.29) is 26.8 Å². The summed E-state index contributed by atoms with van der Waals surface area (Å²) in [6.07, 6.45) is 11.8. The molecule has 1 fully saturated rings. The van der Waals surface area contributed by atoms with Gasteiger partial charge in [0.05, 0.1) is 0 Å². The van der Waals surface area contributed by atoms with Crippen LogP contribution in [0, 0.1) is 76.7 Å². The number of benzene rings is 1. The second-order valence-electron chi connectivity index (χ2n) is 4.83. The molecule has 0 aliphatic heterocycles. The molecule has 2 rings (SSSR count). The Morgan fingerprint density at radius 3 is 1.64 bits per heavy atom. The maximum absolute atomic E-state index is 11.2. The van der Waals surface area contributed by atoms with Crippen molar-refractivity contribution in [3.63, 3.8) is 0 Å². The van der Waals surface area contributed by atoms with E-state index in [0.29, 0.717) is 11.5 Å². The predicted octanol–water partition coefficient (Wildman–Crippen LogP) is 3.93. The minimum absolute atomic E-state index is 0. The number of ketones is 1. The fourth-order valence-corrected chi connectivity index (χ4v) is 1.52. The summed E-state index contributed by atoms with van der Waals surface area (Å²) in [5.74, 6) is 5.89. The van der Waals surface area contributed by atoms with Crippen LogP contribution in [0.2, 0.25) is 0 Å². The summed E-state index contributed by atoms with van der Waals surface area (Å²) in [7, 11) is 0. The van der Waals surface area contributed by atoms with Crippen LogP contribution in [0.5, 0.6) is 0 Å². The van der Waals surface area contributed by atoms with Gasteiger partial charge < -0.3 is 4.79 Å². The summed E-state index contributed by atoms with van der Waals surface area (Å²) < 4.78 is 22.5. The van der Waals surface area contributed by atoms with Crippen LogP contribution in [0.1, 0.15) is 19.4 Å². The van der Waals surface area contributed by atoms with Crippen LogP contribution in [0.3, 0.4) is 0 Å². The molecule has 1 aliphatic carbocycles. The van der Waals surface area contributed by atoms with Gasteiger partial charge in [0.15, 0.2) is 0 Å². The van der Waals surface area contributed by atoms with Crippen molar-refractivity contribution in [2.45, 2.75) is 13.8 Å². The Morgan fingerprint density at radius 1 is 0.929 bits per heavy atom. The molecule has 1 saturated carbocycles. The number of allylic oxidation sites excluding steroid dienone is 2. The molecule has 0 N–H and O–H groups in total. The molecule has 1 aliphatic rings. The molecular weight excluding hydrogens is 524 g/mol. The summed E-state index contributed by atoms with van der Waals surface area (Å²) in [5.41, 5.74) is 1.39. The van der Waals surface area contributed by atoms with Gasteiger partial charge in [-0.05, 0) is 50.2 Å². The van der Waals surface area contributed by atoms with Crippen molar-refractivity contribution in [2.24, 2.45) is 5.92 Å². The summed E-state index contributed by atoms with van der Waals surface area (Å²) in [5, 5.41) is 0. The summed E-state index contributed by atoms with van der Waals surface area (Å²) in [6.45, 7) is 20.9. The monoisotopic (exact) mass is 544 g/mol. The molecule has 28 heavy (non-hydrogen) atoms. The third-order valence-corrected chi connectivity index (χ3v) is 2.47. The van der Waals surface area contributed by atoms with Crippen LogP contribution in [0.4, 0.5) is 0 Å². The van der Waals surface area contributed by atoms with Crippen molar-refractivity contribution in [1.82, 2.24) is 0 Å². The Morgan fingerprint density at radius 2 is 1.32 bits per heavy atom. The average molecular weight is 544 g/mol. The molecular formula is C23H20O4W-.